The smallest absolute Gasteiger partial charge is 0.146 e. The Morgan fingerprint density at radius 1 is 1.60 bits per heavy atom. The number of rotatable bonds is 5. The largest absolute Gasteiger partial charge is 0.423 e. The third kappa shape index (κ3) is 3.59. The fraction of sp³-hybridized carbons (Fsp3) is 1.00. The lowest BCUT2D eigenvalue weighted by Gasteiger charge is -2.26. The van der Waals surface area contributed by atoms with Gasteiger partial charge in [-0.25, -0.2) is 0 Å². The van der Waals surface area contributed by atoms with Crippen molar-refractivity contribution in [3.05, 3.63) is 0 Å². The molecule has 0 spiro atoms. The molecule has 0 saturated heterocycles. The van der Waals surface area contributed by atoms with E-state index in [0.29, 0.717) is 0 Å². The Bertz CT molecular complexity index is 83.7. The van der Waals surface area contributed by atoms with Gasteiger partial charge in [0.05, 0.1) is 5.60 Å². The maximum Gasteiger partial charge on any atom is 0.146 e. The van der Waals surface area contributed by atoms with Crippen LogP contribution in [0.15, 0.2) is 0 Å². The van der Waals surface area contributed by atoms with E-state index in [1.54, 1.807) is 0 Å². The molecule has 1 nitrogen and oxygen atoms in total. The quantitative estimate of drug-likeness (QED) is 0.460. The lowest BCUT2D eigenvalue weighted by Crippen LogP contribution is -2.26. The van der Waals surface area contributed by atoms with Crippen LogP contribution >= 0.6 is 11.6 Å². The third-order valence-corrected chi connectivity index (χ3v) is 3.33. The van der Waals surface area contributed by atoms with Crippen molar-refractivity contribution in [2.45, 2.75) is 38.7 Å². The fourth-order valence-electron chi connectivity index (χ4n) is 0.864. The van der Waals surface area contributed by atoms with Crippen LogP contribution in [0.5, 0.6) is 0 Å². The van der Waals surface area contributed by atoms with Gasteiger partial charge in [-0.05, 0) is 26.2 Å². The molecule has 0 radical (unpaired) electrons. The Hall–Kier alpha value is 0.467. The standard InChI is InChI=1S/C7H17ClOSi/c1-3-7(2,9-10)5-4-6-8/h3-6H2,1-2,10H3. The molecule has 0 heterocycles. The second kappa shape index (κ2) is 5.16. The second-order valence-electron chi connectivity index (χ2n) is 2.80. The van der Waals surface area contributed by atoms with Gasteiger partial charge >= 0.3 is 0 Å². The average molecular weight is 181 g/mol. The van der Waals surface area contributed by atoms with E-state index in [1.165, 1.54) is 0 Å². The van der Waals surface area contributed by atoms with Crippen LogP contribution in [-0.2, 0) is 4.43 Å². The zero-order valence-electron chi connectivity index (χ0n) is 7.11. The summed E-state index contributed by atoms with van der Waals surface area (Å²) in [4.78, 5) is 0. The highest BCUT2D eigenvalue weighted by molar-refractivity contribution is 6.17. The zero-order chi connectivity index (χ0) is 8.04. The molecule has 0 aliphatic carbocycles. The van der Waals surface area contributed by atoms with E-state index in [9.17, 15) is 0 Å². The summed E-state index contributed by atoms with van der Waals surface area (Å²) in [5, 5.41) is 0. The van der Waals surface area contributed by atoms with Crippen LogP contribution in [0.1, 0.15) is 33.1 Å². The van der Waals surface area contributed by atoms with Crippen LogP contribution in [0.4, 0.5) is 0 Å². The SMILES string of the molecule is CCC(C)(CCCCl)O[SiH3]. The van der Waals surface area contributed by atoms with Crippen molar-refractivity contribution >= 4 is 22.1 Å². The van der Waals surface area contributed by atoms with Gasteiger partial charge in [-0.3, -0.25) is 0 Å². The van der Waals surface area contributed by atoms with Gasteiger partial charge in [0.2, 0.25) is 0 Å². The van der Waals surface area contributed by atoms with Crippen LogP contribution in [0.2, 0.25) is 0 Å². The first-order valence-electron chi connectivity index (χ1n) is 3.79. The van der Waals surface area contributed by atoms with E-state index in [1.807, 2.05) is 0 Å². The molecule has 1 atom stereocenters. The van der Waals surface area contributed by atoms with Crippen LogP contribution in [-0.4, -0.2) is 22.0 Å². The maximum atomic E-state index is 5.58. The summed E-state index contributed by atoms with van der Waals surface area (Å²) in [7, 11) is 0.830. The average Bonchev–Trinajstić information content (AvgIpc) is 2.00. The van der Waals surface area contributed by atoms with E-state index < -0.39 is 0 Å². The summed E-state index contributed by atoms with van der Waals surface area (Å²) in [6, 6.07) is 0. The highest BCUT2D eigenvalue weighted by Gasteiger charge is 2.18. The number of hydrogen-bond donors (Lipinski definition) is 0. The third-order valence-electron chi connectivity index (χ3n) is 2.08. The van der Waals surface area contributed by atoms with E-state index in [4.69, 9.17) is 16.0 Å². The summed E-state index contributed by atoms with van der Waals surface area (Å²) in [6.45, 7) is 4.32. The Kier molecular flexibility index (Phi) is 5.40. The molecule has 10 heavy (non-hydrogen) atoms. The van der Waals surface area contributed by atoms with Gasteiger partial charge in [0.15, 0.2) is 0 Å². The second-order valence-corrected chi connectivity index (χ2v) is 3.59. The lowest BCUT2D eigenvalue weighted by atomic mass is 9.98. The van der Waals surface area contributed by atoms with Crippen LogP contribution in [0.3, 0.4) is 0 Å². The van der Waals surface area contributed by atoms with E-state index in [0.717, 1.165) is 35.6 Å². The van der Waals surface area contributed by atoms with Crippen molar-refractivity contribution in [2.24, 2.45) is 0 Å². The number of hydrogen-bond acceptors (Lipinski definition) is 1. The van der Waals surface area contributed by atoms with E-state index in [-0.39, 0.29) is 5.60 Å². The minimum absolute atomic E-state index is 0.112. The Morgan fingerprint density at radius 2 is 2.20 bits per heavy atom. The molecule has 0 N–H and O–H groups in total. The van der Waals surface area contributed by atoms with Gasteiger partial charge in [0.1, 0.15) is 10.5 Å². The van der Waals surface area contributed by atoms with Crippen molar-refractivity contribution in [3.63, 3.8) is 0 Å². The van der Waals surface area contributed by atoms with Crippen LogP contribution in [0, 0.1) is 0 Å². The van der Waals surface area contributed by atoms with Crippen molar-refractivity contribution in [1.82, 2.24) is 0 Å². The molecule has 0 saturated carbocycles. The van der Waals surface area contributed by atoms with Crippen molar-refractivity contribution in [3.8, 4) is 0 Å². The van der Waals surface area contributed by atoms with E-state index >= 15 is 0 Å². The highest BCUT2D eigenvalue weighted by atomic mass is 35.5. The molecule has 62 valence electrons. The Labute approximate surface area is 71.6 Å². The Balaban J connectivity index is 3.58. The molecule has 0 amide bonds. The number of alkyl halides is 1. The maximum absolute atomic E-state index is 5.58. The first-order chi connectivity index (χ1) is 4.68. The molecule has 0 aromatic rings. The molecular weight excluding hydrogens is 164 g/mol. The molecule has 0 rings (SSSR count). The first kappa shape index (κ1) is 10.5. The molecule has 1 unspecified atom stereocenters. The molecular formula is C7H17ClOSi. The summed E-state index contributed by atoms with van der Waals surface area (Å²) >= 11 is 5.58. The zero-order valence-corrected chi connectivity index (χ0v) is 9.87. The van der Waals surface area contributed by atoms with Crippen molar-refractivity contribution in [2.75, 3.05) is 5.88 Å². The molecule has 0 aromatic carbocycles. The van der Waals surface area contributed by atoms with Gasteiger partial charge in [0.25, 0.3) is 0 Å². The first-order valence-corrected chi connectivity index (χ1v) is 5.14. The minimum atomic E-state index is 0.112. The summed E-state index contributed by atoms with van der Waals surface area (Å²) in [5.74, 6) is 0.751. The van der Waals surface area contributed by atoms with Gasteiger partial charge in [0, 0.05) is 5.88 Å². The predicted molar refractivity (Wildman–Crippen MR) is 49.7 cm³/mol. The van der Waals surface area contributed by atoms with Gasteiger partial charge in [-0.15, -0.1) is 11.6 Å². The summed E-state index contributed by atoms with van der Waals surface area (Å²) in [5.41, 5.74) is 0.112. The normalized spacial score (nSPS) is 17.1. The summed E-state index contributed by atoms with van der Waals surface area (Å²) < 4.78 is 5.47. The van der Waals surface area contributed by atoms with E-state index in [2.05, 4.69) is 13.8 Å². The van der Waals surface area contributed by atoms with Crippen LogP contribution in [0.25, 0.3) is 0 Å². The fourth-order valence-corrected chi connectivity index (χ4v) is 1.49. The predicted octanol–water partition coefficient (Wildman–Crippen LogP) is 1.47. The molecule has 0 aliphatic rings. The molecule has 0 fully saturated rings. The van der Waals surface area contributed by atoms with Crippen LogP contribution < -0.4 is 0 Å². The number of halogens is 1. The minimum Gasteiger partial charge on any atom is -0.423 e. The topological polar surface area (TPSA) is 9.23 Å². The molecule has 3 heteroatoms. The van der Waals surface area contributed by atoms with Gasteiger partial charge < -0.3 is 4.43 Å². The highest BCUT2D eigenvalue weighted by Crippen LogP contribution is 2.20. The lowest BCUT2D eigenvalue weighted by molar-refractivity contribution is 0.0860. The molecule has 0 bridgehead atoms. The van der Waals surface area contributed by atoms with Gasteiger partial charge in [-0.2, -0.15) is 0 Å². The summed E-state index contributed by atoms with van der Waals surface area (Å²) in [6.07, 6.45) is 3.25. The van der Waals surface area contributed by atoms with Crippen molar-refractivity contribution in [1.29, 1.82) is 0 Å². The van der Waals surface area contributed by atoms with Gasteiger partial charge in [-0.1, -0.05) is 6.92 Å². The molecule has 0 aromatic heterocycles. The van der Waals surface area contributed by atoms with Crippen molar-refractivity contribution < 1.29 is 4.43 Å². The monoisotopic (exact) mass is 180 g/mol. The Morgan fingerprint density at radius 3 is 2.50 bits per heavy atom. The molecule has 0 aliphatic heterocycles.